The molecule has 2 N–H and O–H groups in total. The van der Waals surface area contributed by atoms with E-state index in [0.29, 0.717) is 6.42 Å². The number of aromatic amines is 1. The summed E-state index contributed by atoms with van der Waals surface area (Å²) in [5.74, 6) is 0.00166. The largest absolute Gasteiger partial charge is 0.367 e. The molecule has 20 heavy (non-hydrogen) atoms. The molecule has 0 bridgehead atoms. The molecule has 0 unspecified atom stereocenters. The molecular formula is C14H13BrN4O. The lowest BCUT2D eigenvalue weighted by molar-refractivity contribution is -0.116. The Bertz CT molecular complexity index is 733. The second-order valence-corrected chi connectivity index (χ2v) is 5.31. The van der Waals surface area contributed by atoms with E-state index in [9.17, 15) is 4.79 Å². The van der Waals surface area contributed by atoms with Gasteiger partial charge in [0.25, 0.3) is 0 Å². The van der Waals surface area contributed by atoms with E-state index >= 15 is 0 Å². The molecule has 0 saturated heterocycles. The van der Waals surface area contributed by atoms with E-state index in [4.69, 9.17) is 0 Å². The predicted octanol–water partition coefficient (Wildman–Crippen LogP) is 3.00. The number of amides is 1. The summed E-state index contributed by atoms with van der Waals surface area (Å²) in [6.07, 6.45) is 8.53. The van der Waals surface area contributed by atoms with Crippen LogP contribution in [0.3, 0.4) is 0 Å². The Kier molecular flexibility index (Phi) is 3.56. The van der Waals surface area contributed by atoms with Gasteiger partial charge < -0.3 is 10.3 Å². The maximum Gasteiger partial charge on any atom is 0.224 e. The maximum absolute atomic E-state index is 11.9. The summed E-state index contributed by atoms with van der Waals surface area (Å²) >= 11 is 3.41. The van der Waals surface area contributed by atoms with Gasteiger partial charge in [-0.05, 0) is 46.1 Å². The Hall–Kier alpha value is -2.08. The number of imidazole rings is 1. The lowest BCUT2D eigenvalue weighted by atomic mass is 10.2. The molecule has 3 rings (SSSR count). The number of hydrogen-bond acceptors (Lipinski definition) is 2. The van der Waals surface area contributed by atoms with Crippen molar-refractivity contribution in [3.05, 3.63) is 53.2 Å². The number of pyridine rings is 1. The van der Waals surface area contributed by atoms with Gasteiger partial charge in [0.15, 0.2) is 0 Å². The van der Waals surface area contributed by atoms with Crippen molar-refractivity contribution in [1.29, 1.82) is 0 Å². The van der Waals surface area contributed by atoms with Crippen molar-refractivity contribution in [1.82, 2.24) is 14.4 Å². The molecule has 0 aromatic carbocycles. The Morgan fingerprint density at radius 3 is 3.10 bits per heavy atom. The predicted molar refractivity (Wildman–Crippen MR) is 80.6 cm³/mol. The van der Waals surface area contributed by atoms with Crippen LogP contribution in [0.5, 0.6) is 0 Å². The summed E-state index contributed by atoms with van der Waals surface area (Å²) in [4.78, 5) is 19.1. The minimum absolute atomic E-state index is 0.00166. The summed E-state index contributed by atoms with van der Waals surface area (Å²) in [5, 5.41) is 2.89. The molecule has 3 aromatic rings. The average Bonchev–Trinajstić information content (AvgIpc) is 3.07. The molecule has 0 atom stereocenters. The van der Waals surface area contributed by atoms with Gasteiger partial charge >= 0.3 is 0 Å². The first-order valence-electron chi connectivity index (χ1n) is 6.26. The minimum Gasteiger partial charge on any atom is -0.367 e. The average molecular weight is 333 g/mol. The van der Waals surface area contributed by atoms with Crippen molar-refractivity contribution < 1.29 is 4.79 Å². The standard InChI is InChI=1S/C14H13BrN4O/c15-12-8-17-13-3-2-11(9-19(12)13)18-14(20)4-1-10-5-6-16-7-10/h2-3,5-9,16H,1,4H2,(H,18,20). The van der Waals surface area contributed by atoms with E-state index in [1.54, 1.807) is 6.20 Å². The fourth-order valence-corrected chi connectivity index (χ4v) is 2.41. The molecule has 1 amide bonds. The van der Waals surface area contributed by atoms with Gasteiger partial charge in [0.1, 0.15) is 10.3 Å². The summed E-state index contributed by atoms with van der Waals surface area (Å²) in [6.45, 7) is 0. The highest BCUT2D eigenvalue weighted by Gasteiger charge is 2.06. The number of carbonyl (C=O) groups is 1. The third kappa shape index (κ3) is 2.75. The Morgan fingerprint density at radius 2 is 2.30 bits per heavy atom. The number of hydrogen-bond donors (Lipinski definition) is 2. The van der Waals surface area contributed by atoms with Gasteiger partial charge in [0.05, 0.1) is 11.9 Å². The second kappa shape index (κ2) is 5.50. The lowest BCUT2D eigenvalue weighted by Crippen LogP contribution is -2.12. The zero-order chi connectivity index (χ0) is 13.9. The van der Waals surface area contributed by atoms with E-state index in [0.717, 1.165) is 27.9 Å². The zero-order valence-corrected chi connectivity index (χ0v) is 12.2. The molecule has 6 heteroatoms. The molecule has 102 valence electrons. The van der Waals surface area contributed by atoms with Crippen LogP contribution in [0.25, 0.3) is 5.65 Å². The zero-order valence-electron chi connectivity index (χ0n) is 10.6. The number of anilines is 1. The van der Waals surface area contributed by atoms with Crippen LogP contribution in [0, 0.1) is 0 Å². The van der Waals surface area contributed by atoms with Crippen LogP contribution in [0.2, 0.25) is 0 Å². The van der Waals surface area contributed by atoms with Crippen LogP contribution in [0.1, 0.15) is 12.0 Å². The smallest absolute Gasteiger partial charge is 0.224 e. The summed E-state index contributed by atoms with van der Waals surface area (Å²) in [5.41, 5.74) is 2.73. The van der Waals surface area contributed by atoms with Gasteiger partial charge in [-0.25, -0.2) is 4.98 Å². The molecule has 0 saturated carbocycles. The van der Waals surface area contributed by atoms with Crippen molar-refractivity contribution in [2.45, 2.75) is 12.8 Å². The third-order valence-corrected chi connectivity index (χ3v) is 3.63. The monoisotopic (exact) mass is 332 g/mol. The number of carbonyl (C=O) groups excluding carboxylic acids is 1. The van der Waals surface area contributed by atoms with Gasteiger partial charge in [-0.2, -0.15) is 0 Å². The number of aromatic nitrogens is 3. The number of halogens is 1. The first-order chi connectivity index (χ1) is 9.72. The van der Waals surface area contributed by atoms with Crippen LogP contribution < -0.4 is 5.32 Å². The van der Waals surface area contributed by atoms with Crippen LogP contribution in [-0.4, -0.2) is 20.3 Å². The van der Waals surface area contributed by atoms with Crippen molar-refractivity contribution in [3.63, 3.8) is 0 Å². The van der Waals surface area contributed by atoms with E-state index in [2.05, 4.69) is 31.2 Å². The maximum atomic E-state index is 11.9. The van der Waals surface area contributed by atoms with Crippen LogP contribution >= 0.6 is 15.9 Å². The van der Waals surface area contributed by atoms with E-state index in [1.807, 2.05) is 41.2 Å². The van der Waals surface area contributed by atoms with E-state index in [1.165, 1.54) is 0 Å². The number of rotatable bonds is 4. The SMILES string of the molecule is O=C(CCc1cc[nH]c1)Nc1ccc2ncc(Br)n2c1. The number of fused-ring (bicyclic) bond motifs is 1. The van der Waals surface area contributed by atoms with Crippen LogP contribution in [0.4, 0.5) is 5.69 Å². The highest BCUT2D eigenvalue weighted by atomic mass is 79.9. The van der Waals surface area contributed by atoms with E-state index < -0.39 is 0 Å². The molecule has 0 aliphatic carbocycles. The van der Waals surface area contributed by atoms with Gasteiger partial charge in [-0.1, -0.05) is 0 Å². The molecular weight excluding hydrogens is 320 g/mol. The fourth-order valence-electron chi connectivity index (χ4n) is 2.02. The summed E-state index contributed by atoms with van der Waals surface area (Å²) in [6, 6.07) is 5.69. The van der Waals surface area contributed by atoms with Gasteiger partial charge in [-0.3, -0.25) is 9.20 Å². The third-order valence-electron chi connectivity index (χ3n) is 3.05. The Balaban J connectivity index is 1.66. The van der Waals surface area contributed by atoms with Gasteiger partial charge in [-0.15, -0.1) is 0 Å². The number of H-pyrrole nitrogens is 1. The van der Waals surface area contributed by atoms with Crippen molar-refractivity contribution in [3.8, 4) is 0 Å². The number of nitrogens with one attached hydrogen (secondary N) is 2. The molecule has 0 aliphatic heterocycles. The molecule has 0 radical (unpaired) electrons. The van der Waals surface area contributed by atoms with E-state index in [-0.39, 0.29) is 5.91 Å². The molecule has 5 nitrogen and oxygen atoms in total. The molecule has 0 aliphatic rings. The Labute approximate surface area is 124 Å². The van der Waals surface area contributed by atoms with Gasteiger partial charge in [0.2, 0.25) is 5.91 Å². The normalized spacial score (nSPS) is 10.8. The molecule has 3 heterocycles. The highest BCUT2D eigenvalue weighted by Crippen LogP contribution is 2.16. The summed E-state index contributed by atoms with van der Waals surface area (Å²) < 4.78 is 2.73. The molecule has 0 fully saturated rings. The number of nitrogens with zero attached hydrogens (tertiary/aromatic N) is 2. The van der Waals surface area contributed by atoms with Crippen molar-refractivity contribution >= 4 is 33.2 Å². The molecule has 0 spiro atoms. The minimum atomic E-state index is 0.00166. The first kappa shape index (κ1) is 12.9. The summed E-state index contributed by atoms with van der Waals surface area (Å²) in [7, 11) is 0. The Morgan fingerprint density at radius 1 is 1.40 bits per heavy atom. The number of aryl methyl sites for hydroxylation is 1. The first-order valence-corrected chi connectivity index (χ1v) is 7.06. The van der Waals surface area contributed by atoms with Crippen molar-refractivity contribution in [2.75, 3.05) is 5.32 Å². The quantitative estimate of drug-likeness (QED) is 0.771. The van der Waals surface area contributed by atoms with Crippen LogP contribution in [0.15, 0.2) is 47.6 Å². The molecule has 3 aromatic heterocycles. The highest BCUT2D eigenvalue weighted by molar-refractivity contribution is 9.10. The lowest BCUT2D eigenvalue weighted by Gasteiger charge is -2.06. The van der Waals surface area contributed by atoms with Crippen LogP contribution in [-0.2, 0) is 11.2 Å². The second-order valence-electron chi connectivity index (χ2n) is 4.49. The van der Waals surface area contributed by atoms with Crippen molar-refractivity contribution in [2.24, 2.45) is 0 Å². The van der Waals surface area contributed by atoms with Gasteiger partial charge in [0, 0.05) is 25.0 Å². The fraction of sp³-hybridized carbons (Fsp3) is 0.143. The topological polar surface area (TPSA) is 62.2 Å².